The highest BCUT2D eigenvalue weighted by molar-refractivity contribution is 5.86. The van der Waals surface area contributed by atoms with Gasteiger partial charge in [0.05, 0.1) is 5.41 Å². The highest BCUT2D eigenvalue weighted by Crippen LogP contribution is 2.56. The van der Waals surface area contributed by atoms with Gasteiger partial charge in [-0.15, -0.1) is 0 Å². The fraction of sp³-hybridized carbons (Fsp3) is 0.294. The van der Waals surface area contributed by atoms with Crippen LogP contribution in [0.5, 0.6) is 0 Å². The minimum atomic E-state index is -0.294. The van der Waals surface area contributed by atoms with Crippen molar-refractivity contribution in [1.82, 2.24) is 0 Å². The molecule has 4 aromatic carbocycles. The summed E-state index contributed by atoms with van der Waals surface area (Å²) in [5, 5.41) is 0. The minimum absolute atomic E-state index is 0.294. The van der Waals surface area contributed by atoms with E-state index in [4.69, 9.17) is 0 Å². The monoisotopic (exact) mass is 444 g/mol. The van der Waals surface area contributed by atoms with E-state index in [1.807, 2.05) is 0 Å². The van der Waals surface area contributed by atoms with Crippen molar-refractivity contribution in [2.75, 3.05) is 0 Å². The van der Waals surface area contributed by atoms with E-state index in [1.54, 1.807) is 0 Å². The Bertz CT molecular complexity index is 1240. The van der Waals surface area contributed by atoms with Crippen molar-refractivity contribution < 1.29 is 0 Å². The van der Waals surface area contributed by atoms with Gasteiger partial charge in [-0.25, -0.2) is 0 Å². The maximum absolute atomic E-state index is 2.42. The van der Waals surface area contributed by atoms with E-state index in [0.717, 1.165) is 0 Å². The fourth-order valence-electron chi connectivity index (χ4n) is 5.82. The summed E-state index contributed by atoms with van der Waals surface area (Å²) in [6, 6.07) is 32.8. The largest absolute Gasteiger partial charge is 0.0713 e. The highest BCUT2D eigenvalue weighted by atomic mass is 14.5. The second-order valence-corrected chi connectivity index (χ2v) is 10.2. The van der Waals surface area contributed by atoms with Gasteiger partial charge >= 0.3 is 0 Å². The van der Waals surface area contributed by atoms with Crippen LogP contribution in [0, 0.1) is 20.8 Å². The molecule has 4 aromatic rings. The number of hydrogen-bond donors (Lipinski definition) is 0. The minimum Gasteiger partial charge on any atom is -0.0654 e. The third-order valence-corrected chi connectivity index (χ3v) is 7.64. The van der Waals surface area contributed by atoms with Crippen LogP contribution >= 0.6 is 0 Å². The standard InChI is InChI=1S/C34H36/c1-5-6-7-8-9-27-14-18-29(19-15-27)34(28-16-10-24(2)11-17-28)32-22-25(3)12-20-30(32)31-21-13-26(4)23-33(31)34/h10-23H,5-9H2,1-4H3. The Balaban J connectivity index is 1.72. The maximum atomic E-state index is 2.42. The molecule has 0 radical (unpaired) electrons. The zero-order valence-corrected chi connectivity index (χ0v) is 21.1. The first kappa shape index (κ1) is 22.7. The fourth-order valence-corrected chi connectivity index (χ4v) is 5.82. The van der Waals surface area contributed by atoms with Crippen LogP contribution in [0.4, 0.5) is 0 Å². The summed E-state index contributed by atoms with van der Waals surface area (Å²) >= 11 is 0. The molecule has 0 spiro atoms. The number of unbranched alkanes of at least 4 members (excludes halogenated alkanes) is 3. The molecule has 0 N–H and O–H groups in total. The number of benzene rings is 4. The van der Waals surface area contributed by atoms with Gasteiger partial charge in [0.1, 0.15) is 0 Å². The van der Waals surface area contributed by atoms with Crippen LogP contribution in [0.2, 0.25) is 0 Å². The third kappa shape index (κ3) is 3.80. The Morgan fingerprint density at radius 1 is 0.529 bits per heavy atom. The second-order valence-electron chi connectivity index (χ2n) is 10.2. The summed E-state index contributed by atoms with van der Waals surface area (Å²) in [5.41, 5.74) is 13.3. The van der Waals surface area contributed by atoms with Crippen molar-refractivity contribution in [1.29, 1.82) is 0 Å². The first-order chi connectivity index (χ1) is 16.5. The summed E-state index contributed by atoms with van der Waals surface area (Å²) < 4.78 is 0. The van der Waals surface area contributed by atoms with Crippen LogP contribution in [0.1, 0.15) is 77.1 Å². The first-order valence-electron chi connectivity index (χ1n) is 12.9. The zero-order valence-electron chi connectivity index (χ0n) is 21.1. The Morgan fingerprint density at radius 3 is 1.56 bits per heavy atom. The van der Waals surface area contributed by atoms with Crippen LogP contribution < -0.4 is 0 Å². The molecule has 1 aliphatic rings. The predicted octanol–water partition coefficient (Wildman–Crippen LogP) is 9.10. The SMILES string of the molecule is CCCCCCc1ccc(C2(c3ccc(C)cc3)c3cc(C)ccc3-c3ccc(C)cc32)cc1. The molecule has 0 aliphatic heterocycles. The van der Waals surface area contributed by atoms with Crippen LogP contribution in [-0.4, -0.2) is 0 Å². The van der Waals surface area contributed by atoms with E-state index in [1.165, 1.54) is 87.7 Å². The summed E-state index contributed by atoms with van der Waals surface area (Å²) in [4.78, 5) is 0. The average molecular weight is 445 g/mol. The lowest BCUT2D eigenvalue weighted by molar-refractivity contribution is 0.666. The van der Waals surface area contributed by atoms with Gasteiger partial charge in [0, 0.05) is 0 Å². The molecule has 0 heteroatoms. The summed E-state index contributed by atoms with van der Waals surface area (Å²) in [6.07, 6.45) is 6.39. The van der Waals surface area contributed by atoms with Gasteiger partial charge in [0.15, 0.2) is 0 Å². The molecule has 1 aliphatic carbocycles. The second kappa shape index (κ2) is 9.26. The quantitative estimate of drug-likeness (QED) is 0.220. The molecule has 0 amide bonds. The van der Waals surface area contributed by atoms with Crippen molar-refractivity contribution >= 4 is 0 Å². The van der Waals surface area contributed by atoms with Crippen molar-refractivity contribution in [2.45, 2.75) is 65.2 Å². The topological polar surface area (TPSA) is 0 Å². The Hall–Kier alpha value is -3.12. The Kier molecular flexibility index (Phi) is 6.17. The highest BCUT2D eigenvalue weighted by Gasteiger charge is 2.46. The molecule has 0 atom stereocenters. The Labute approximate surface area is 205 Å². The van der Waals surface area contributed by atoms with Crippen LogP contribution in [0.15, 0.2) is 84.9 Å². The molecule has 0 heterocycles. The number of aryl methyl sites for hydroxylation is 4. The molecule has 0 nitrogen and oxygen atoms in total. The van der Waals surface area contributed by atoms with E-state index in [-0.39, 0.29) is 5.41 Å². The van der Waals surface area contributed by atoms with Crippen molar-refractivity contribution in [3.8, 4) is 11.1 Å². The van der Waals surface area contributed by atoms with Crippen molar-refractivity contribution in [3.63, 3.8) is 0 Å². The van der Waals surface area contributed by atoms with Gasteiger partial charge in [-0.3, -0.25) is 0 Å². The predicted molar refractivity (Wildman–Crippen MR) is 146 cm³/mol. The van der Waals surface area contributed by atoms with Gasteiger partial charge in [-0.05, 0) is 72.6 Å². The van der Waals surface area contributed by atoms with Crippen LogP contribution in [0.25, 0.3) is 11.1 Å². The maximum Gasteiger partial charge on any atom is 0.0713 e. The average Bonchev–Trinajstić information content (AvgIpc) is 3.12. The van der Waals surface area contributed by atoms with Crippen molar-refractivity contribution in [3.05, 3.63) is 129 Å². The van der Waals surface area contributed by atoms with E-state index in [2.05, 4.69) is 113 Å². The van der Waals surface area contributed by atoms with Gasteiger partial charge in [0.2, 0.25) is 0 Å². The van der Waals surface area contributed by atoms with Gasteiger partial charge in [0.25, 0.3) is 0 Å². The molecular formula is C34H36. The summed E-state index contributed by atoms with van der Waals surface area (Å²) in [6.45, 7) is 8.89. The molecule has 0 aromatic heterocycles. The lowest BCUT2D eigenvalue weighted by Gasteiger charge is -2.34. The van der Waals surface area contributed by atoms with Gasteiger partial charge < -0.3 is 0 Å². The number of fused-ring (bicyclic) bond motifs is 3. The number of rotatable bonds is 7. The molecular weight excluding hydrogens is 408 g/mol. The lowest BCUT2D eigenvalue weighted by Crippen LogP contribution is -2.28. The molecule has 0 saturated carbocycles. The first-order valence-corrected chi connectivity index (χ1v) is 12.9. The zero-order chi connectivity index (χ0) is 23.7. The van der Waals surface area contributed by atoms with E-state index in [9.17, 15) is 0 Å². The molecule has 0 fully saturated rings. The molecule has 172 valence electrons. The Morgan fingerprint density at radius 2 is 1.03 bits per heavy atom. The molecule has 0 bridgehead atoms. The van der Waals surface area contributed by atoms with Crippen LogP contribution in [-0.2, 0) is 11.8 Å². The van der Waals surface area contributed by atoms with Gasteiger partial charge in [-0.2, -0.15) is 0 Å². The molecule has 34 heavy (non-hydrogen) atoms. The third-order valence-electron chi connectivity index (χ3n) is 7.64. The normalized spacial score (nSPS) is 13.5. The van der Waals surface area contributed by atoms with Gasteiger partial charge in [-0.1, -0.05) is 128 Å². The smallest absolute Gasteiger partial charge is 0.0654 e. The van der Waals surface area contributed by atoms with E-state index in [0.29, 0.717) is 0 Å². The number of hydrogen-bond acceptors (Lipinski definition) is 0. The van der Waals surface area contributed by atoms with Crippen LogP contribution in [0.3, 0.4) is 0 Å². The van der Waals surface area contributed by atoms with Crippen molar-refractivity contribution in [2.24, 2.45) is 0 Å². The summed E-state index contributed by atoms with van der Waals surface area (Å²) in [7, 11) is 0. The van der Waals surface area contributed by atoms with E-state index < -0.39 is 0 Å². The molecule has 0 unspecified atom stereocenters. The molecule has 0 saturated heterocycles. The molecule has 5 rings (SSSR count). The van der Waals surface area contributed by atoms with E-state index >= 15 is 0 Å². The lowest BCUT2D eigenvalue weighted by atomic mass is 9.67. The summed E-state index contributed by atoms with van der Waals surface area (Å²) in [5.74, 6) is 0.